The van der Waals surface area contributed by atoms with Crippen molar-refractivity contribution in [2.45, 2.75) is 38.0 Å². The standard InChI is InChI=1S/C24H26/c1-2-3-19-23(20-13-7-4-8-14-20)24(21-15-9-5-10-16-21)22-17-11-6-12-18-22/h4-18,23-24H,2-3,19H2,1H3. The van der Waals surface area contributed by atoms with E-state index in [0.29, 0.717) is 11.8 Å². The Morgan fingerprint density at radius 1 is 0.583 bits per heavy atom. The van der Waals surface area contributed by atoms with Crippen LogP contribution in [-0.2, 0) is 0 Å². The Labute approximate surface area is 146 Å². The molecule has 0 aromatic heterocycles. The largest absolute Gasteiger partial charge is 0.0654 e. The van der Waals surface area contributed by atoms with Crippen molar-refractivity contribution in [2.75, 3.05) is 0 Å². The van der Waals surface area contributed by atoms with Crippen molar-refractivity contribution in [2.24, 2.45) is 0 Å². The van der Waals surface area contributed by atoms with Gasteiger partial charge >= 0.3 is 0 Å². The molecule has 0 spiro atoms. The van der Waals surface area contributed by atoms with Gasteiger partial charge < -0.3 is 0 Å². The van der Waals surface area contributed by atoms with Crippen molar-refractivity contribution >= 4 is 0 Å². The number of unbranched alkanes of at least 4 members (excludes halogenated alkanes) is 1. The Morgan fingerprint density at radius 3 is 1.42 bits per heavy atom. The van der Waals surface area contributed by atoms with E-state index < -0.39 is 0 Å². The Hall–Kier alpha value is -2.34. The van der Waals surface area contributed by atoms with E-state index in [0.717, 1.165) is 0 Å². The molecule has 0 bridgehead atoms. The van der Waals surface area contributed by atoms with Gasteiger partial charge in [-0.3, -0.25) is 0 Å². The summed E-state index contributed by atoms with van der Waals surface area (Å²) in [5.74, 6) is 0.914. The summed E-state index contributed by atoms with van der Waals surface area (Å²) >= 11 is 0. The number of rotatable bonds is 7. The Balaban J connectivity index is 2.07. The van der Waals surface area contributed by atoms with Crippen LogP contribution in [0, 0.1) is 0 Å². The predicted octanol–water partition coefficient (Wildman–Crippen LogP) is 6.79. The van der Waals surface area contributed by atoms with Crippen molar-refractivity contribution < 1.29 is 0 Å². The van der Waals surface area contributed by atoms with E-state index in [1.54, 1.807) is 0 Å². The van der Waals surface area contributed by atoms with E-state index in [1.165, 1.54) is 36.0 Å². The van der Waals surface area contributed by atoms with Crippen LogP contribution in [0.5, 0.6) is 0 Å². The highest BCUT2D eigenvalue weighted by atomic mass is 14.3. The molecule has 3 aromatic carbocycles. The number of hydrogen-bond acceptors (Lipinski definition) is 0. The van der Waals surface area contributed by atoms with Crippen LogP contribution in [-0.4, -0.2) is 0 Å². The average Bonchev–Trinajstić information content (AvgIpc) is 2.67. The third kappa shape index (κ3) is 3.94. The van der Waals surface area contributed by atoms with Crippen LogP contribution < -0.4 is 0 Å². The summed E-state index contributed by atoms with van der Waals surface area (Å²) in [6, 6.07) is 33.0. The van der Waals surface area contributed by atoms with Crippen molar-refractivity contribution in [3.8, 4) is 0 Å². The molecule has 0 heterocycles. The summed E-state index contributed by atoms with van der Waals surface area (Å²) in [6.07, 6.45) is 3.71. The first-order valence-electron chi connectivity index (χ1n) is 9.05. The summed E-state index contributed by atoms with van der Waals surface area (Å²) in [4.78, 5) is 0. The lowest BCUT2D eigenvalue weighted by atomic mass is 9.75. The molecule has 0 aliphatic rings. The zero-order valence-corrected chi connectivity index (χ0v) is 14.4. The van der Waals surface area contributed by atoms with Crippen LogP contribution >= 0.6 is 0 Å². The second-order valence-corrected chi connectivity index (χ2v) is 6.46. The minimum Gasteiger partial charge on any atom is -0.0654 e. The Kier molecular flexibility index (Phi) is 5.85. The molecule has 0 fully saturated rings. The van der Waals surface area contributed by atoms with Gasteiger partial charge in [-0.2, -0.15) is 0 Å². The van der Waals surface area contributed by atoms with Gasteiger partial charge in [-0.25, -0.2) is 0 Å². The minimum atomic E-state index is 0.404. The smallest absolute Gasteiger partial charge is 0.0158 e. The molecule has 24 heavy (non-hydrogen) atoms. The van der Waals surface area contributed by atoms with Crippen LogP contribution in [0.2, 0.25) is 0 Å². The third-order valence-electron chi connectivity index (χ3n) is 4.82. The van der Waals surface area contributed by atoms with Crippen LogP contribution in [0.1, 0.15) is 54.7 Å². The quantitative estimate of drug-likeness (QED) is 0.450. The molecule has 0 saturated heterocycles. The van der Waals surface area contributed by atoms with E-state index in [4.69, 9.17) is 0 Å². The lowest BCUT2D eigenvalue weighted by molar-refractivity contribution is 0.532. The molecular weight excluding hydrogens is 288 g/mol. The molecule has 0 radical (unpaired) electrons. The third-order valence-corrected chi connectivity index (χ3v) is 4.82. The van der Waals surface area contributed by atoms with E-state index in [1.807, 2.05) is 0 Å². The van der Waals surface area contributed by atoms with E-state index in [9.17, 15) is 0 Å². The second-order valence-electron chi connectivity index (χ2n) is 6.46. The monoisotopic (exact) mass is 314 g/mol. The number of hydrogen-bond donors (Lipinski definition) is 0. The maximum atomic E-state index is 2.29. The molecular formula is C24H26. The molecule has 1 atom stereocenters. The summed E-state index contributed by atoms with van der Waals surface area (Å²) in [5.41, 5.74) is 4.27. The highest BCUT2D eigenvalue weighted by Gasteiger charge is 2.25. The maximum absolute atomic E-state index is 2.29. The van der Waals surface area contributed by atoms with Crippen LogP contribution in [0.4, 0.5) is 0 Å². The van der Waals surface area contributed by atoms with Gasteiger partial charge in [0.05, 0.1) is 0 Å². The van der Waals surface area contributed by atoms with Gasteiger partial charge in [-0.1, -0.05) is 111 Å². The van der Waals surface area contributed by atoms with Crippen molar-refractivity contribution in [1.29, 1.82) is 0 Å². The molecule has 0 nitrogen and oxygen atoms in total. The molecule has 0 aliphatic carbocycles. The summed E-state index contributed by atoms with van der Waals surface area (Å²) in [7, 11) is 0. The van der Waals surface area contributed by atoms with E-state index >= 15 is 0 Å². The van der Waals surface area contributed by atoms with Crippen LogP contribution in [0.3, 0.4) is 0 Å². The Bertz CT molecular complexity index is 661. The van der Waals surface area contributed by atoms with Crippen molar-refractivity contribution in [3.63, 3.8) is 0 Å². The van der Waals surface area contributed by atoms with Gasteiger partial charge in [0.2, 0.25) is 0 Å². The topological polar surface area (TPSA) is 0 Å². The highest BCUT2D eigenvalue weighted by molar-refractivity contribution is 5.38. The molecule has 0 heteroatoms. The average molecular weight is 314 g/mol. The molecule has 0 amide bonds. The number of benzene rings is 3. The minimum absolute atomic E-state index is 0.404. The fourth-order valence-corrected chi connectivity index (χ4v) is 3.63. The molecule has 3 aromatic rings. The SMILES string of the molecule is CCCCC(c1ccccc1)C(c1ccccc1)c1ccccc1. The molecule has 0 N–H and O–H groups in total. The molecule has 122 valence electrons. The molecule has 1 unspecified atom stereocenters. The van der Waals surface area contributed by atoms with Crippen LogP contribution in [0.25, 0.3) is 0 Å². The summed E-state index contributed by atoms with van der Waals surface area (Å²) < 4.78 is 0. The van der Waals surface area contributed by atoms with Crippen LogP contribution in [0.15, 0.2) is 91.0 Å². The van der Waals surface area contributed by atoms with Gasteiger partial charge in [0.15, 0.2) is 0 Å². The first-order valence-corrected chi connectivity index (χ1v) is 9.05. The normalized spacial score (nSPS) is 12.2. The van der Waals surface area contributed by atoms with Gasteiger partial charge in [0.1, 0.15) is 0 Å². The predicted molar refractivity (Wildman–Crippen MR) is 103 cm³/mol. The summed E-state index contributed by atoms with van der Waals surface area (Å²) in [5, 5.41) is 0. The highest BCUT2D eigenvalue weighted by Crippen LogP contribution is 2.41. The fraction of sp³-hybridized carbons (Fsp3) is 0.250. The van der Waals surface area contributed by atoms with Crippen molar-refractivity contribution in [1.82, 2.24) is 0 Å². The van der Waals surface area contributed by atoms with E-state index in [2.05, 4.69) is 97.9 Å². The van der Waals surface area contributed by atoms with Crippen molar-refractivity contribution in [3.05, 3.63) is 108 Å². The first-order chi connectivity index (χ1) is 11.9. The molecule has 3 rings (SSSR count). The maximum Gasteiger partial charge on any atom is 0.0158 e. The first kappa shape index (κ1) is 16.5. The molecule has 0 saturated carbocycles. The van der Waals surface area contributed by atoms with Gasteiger partial charge in [-0.15, -0.1) is 0 Å². The zero-order valence-electron chi connectivity index (χ0n) is 14.4. The van der Waals surface area contributed by atoms with Gasteiger partial charge in [0.25, 0.3) is 0 Å². The molecule has 0 aliphatic heterocycles. The Morgan fingerprint density at radius 2 is 1.00 bits per heavy atom. The van der Waals surface area contributed by atoms with Gasteiger partial charge in [0, 0.05) is 5.92 Å². The zero-order chi connectivity index (χ0) is 16.6. The lowest BCUT2D eigenvalue weighted by Crippen LogP contribution is -2.13. The van der Waals surface area contributed by atoms with E-state index in [-0.39, 0.29) is 0 Å². The van der Waals surface area contributed by atoms with Gasteiger partial charge in [-0.05, 0) is 29.0 Å². The second kappa shape index (κ2) is 8.49. The summed E-state index contributed by atoms with van der Waals surface area (Å²) in [6.45, 7) is 2.28. The fourth-order valence-electron chi connectivity index (χ4n) is 3.63. The lowest BCUT2D eigenvalue weighted by Gasteiger charge is -2.29.